The van der Waals surface area contributed by atoms with Crippen LogP contribution in [0.1, 0.15) is 66.4 Å². The van der Waals surface area contributed by atoms with Crippen LogP contribution in [0, 0.1) is 0 Å². The quantitative estimate of drug-likeness (QED) is 0.558. The molecule has 170 valence electrons. The third kappa shape index (κ3) is 4.11. The number of ether oxygens (including phenoxy) is 1. The molecule has 1 aliphatic heterocycles. The number of nitrogens with one attached hydrogen (secondary N) is 1. The fraction of sp³-hybridized carbons (Fsp3) is 0.478. The summed E-state index contributed by atoms with van der Waals surface area (Å²) in [4.78, 5) is 40.7. The standard InChI is InChI=1S/C23H27ClN4O4/c1-23(22(31)25-16-9-5-3-4-6-10-16)14-27-19(13-18(26-27)21(30)32-2)20(29)28(23)17-11-7-8-15(24)12-17/h7-8,11-13,16H,3-6,9-10,14H2,1-2H3,(H,25,31)/t23-/m0/s1. The Kier molecular flexibility index (Phi) is 6.24. The summed E-state index contributed by atoms with van der Waals surface area (Å²) < 4.78 is 6.17. The first-order valence-electron chi connectivity index (χ1n) is 10.9. The van der Waals surface area contributed by atoms with Gasteiger partial charge in [-0.25, -0.2) is 4.79 Å². The molecule has 1 atom stereocenters. The van der Waals surface area contributed by atoms with Crippen molar-refractivity contribution in [1.29, 1.82) is 0 Å². The fourth-order valence-electron chi connectivity index (χ4n) is 4.57. The van der Waals surface area contributed by atoms with Gasteiger partial charge in [0.1, 0.15) is 11.2 Å². The number of hydrogen-bond acceptors (Lipinski definition) is 5. The number of nitrogens with zero attached hydrogens (tertiary/aromatic N) is 3. The molecular weight excluding hydrogens is 432 g/mol. The predicted octanol–water partition coefficient (Wildman–Crippen LogP) is 3.58. The molecule has 2 amide bonds. The highest BCUT2D eigenvalue weighted by molar-refractivity contribution is 6.31. The van der Waals surface area contributed by atoms with Crippen molar-refractivity contribution in [3.05, 3.63) is 46.7 Å². The van der Waals surface area contributed by atoms with Crippen LogP contribution in [0.25, 0.3) is 0 Å². The van der Waals surface area contributed by atoms with Gasteiger partial charge in [0.05, 0.1) is 13.7 Å². The van der Waals surface area contributed by atoms with Crippen molar-refractivity contribution < 1.29 is 19.1 Å². The van der Waals surface area contributed by atoms with Gasteiger partial charge in [0.25, 0.3) is 5.91 Å². The highest BCUT2D eigenvalue weighted by Gasteiger charge is 2.49. The summed E-state index contributed by atoms with van der Waals surface area (Å²) in [7, 11) is 1.26. The van der Waals surface area contributed by atoms with Gasteiger partial charge in [-0.1, -0.05) is 43.4 Å². The topological polar surface area (TPSA) is 93.5 Å². The lowest BCUT2D eigenvalue weighted by Gasteiger charge is -2.43. The van der Waals surface area contributed by atoms with E-state index in [2.05, 4.69) is 10.4 Å². The fourth-order valence-corrected chi connectivity index (χ4v) is 4.75. The SMILES string of the molecule is COC(=O)c1cc2n(n1)C[C@@](C)(C(=O)NC1CCCCCC1)N(c1cccc(Cl)c1)C2=O. The molecule has 1 aromatic carbocycles. The summed E-state index contributed by atoms with van der Waals surface area (Å²) >= 11 is 6.21. The van der Waals surface area contributed by atoms with Crippen LogP contribution >= 0.6 is 11.6 Å². The van der Waals surface area contributed by atoms with Crippen LogP contribution in [0.15, 0.2) is 30.3 Å². The van der Waals surface area contributed by atoms with Crippen LogP contribution in [0.2, 0.25) is 5.02 Å². The van der Waals surface area contributed by atoms with Crippen molar-refractivity contribution >= 4 is 35.1 Å². The largest absolute Gasteiger partial charge is 0.464 e. The molecule has 0 unspecified atom stereocenters. The molecule has 1 fully saturated rings. The van der Waals surface area contributed by atoms with Crippen molar-refractivity contribution in [1.82, 2.24) is 15.1 Å². The second-order valence-corrected chi connectivity index (χ2v) is 9.06. The van der Waals surface area contributed by atoms with E-state index in [9.17, 15) is 14.4 Å². The van der Waals surface area contributed by atoms with Crippen LogP contribution in [-0.4, -0.2) is 46.3 Å². The number of amides is 2. The number of carbonyl (C=O) groups is 3. The molecule has 0 bridgehead atoms. The lowest BCUT2D eigenvalue weighted by atomic mass is 9.93. The zero-order chi connectivity index (χ0) is 22.9. The maximum Gasteiger partial charge on any atom is 0.358 e. The normalized spacial score (nSPS) is 21.6. The molecule has 1 saturated carbocycles. The number of rotatable bonds is 4. The Bertz CT molecular complexity index is 1040. The second kappa shape index (κ2) is 8.94. The summed E-state index contributed by atoms with van der Waals surface area (Å²) in [5, 5.41) is 7.88. The minimum atomic E-state index is -1.26. The zero-order valence-corrected chi connectivity index (χ0v) is 19.0. The maximum absolute atomic E-state index is 13.7. The first-order valence-corrected chi connectivity index (χ1v) is 11.3. The summed E-state index contributed by atoms with van der Waals surface area (Å²) in [5.41, 5.74) is -0.519. The Hall–Kier alpha value is -2.87. The lowest BCUT2D eigenvalue weighted by molar-refractivity contribution is -0.127. The molecule has 2 aromatic rings. The van der Waals surface area contributed by atoms with Gasteiger partial charge in [-0.2, -0.15) is 5.10 Å². The summed E-state index contributed by atoms with van der Waals surface area (Å²) in [5.74, 6) is -1.32. The van der Waals surface area contributed by atoms with Crippen molar-refractivity contribution in [3.8, 4) is 0 Å². The highest BCUT2D eigenvalue weighted by Crippen LogP contribution is 2.34. The van der Waals surface area contributed by atoms with Gasteiger partial charge in [-0.05, 0) is 38.0 Å². The Morgan fingerprint density at radius 2 is 1.91 bits per heavy atom. The number of fused-ring (bicyclic) bond motifs is 1. The lowest BCUT2D eigenvalue weighted by Crippen LogP contribution is -2.65. The average molecular weight is 459 g/mol. The Morgan fingerprint density at radius 1 is 1.19 bits per heavy atom. The molecule has 0 radical (unpaired) electrons. The van der Waals surface area contributed by atoms with Gasteiger partial charge in [0.2, 0.25) is 5.91 Å². The van der Waals surface area contributed by atoms with Crippen LogP contribution in [0.4, 0.5) is 5.69 Å². The molecule has 1 aromatic heterocycles. The minimum Gasteiger partial charge on any atom is -0.464 e. The molecule has 32 heavy (non-hydrogen) atoms. The Labute approximate surface area is 191 Å². The first kappa shape index (κ1) is 22.3. The zero-order valence-electron chi connectivity index (χ0n) is 18.3. The smallest absolute Gasteiger partial charge is 0.358 e. The molecule has 4 rings (SSSR count). The van der Waals surface area contributed by atoms with Crippen molar-refractivity contribution in [2.75, 3.05) is 12.0 Å². The summed E-state index contributed by atoms with van der Waals surface area (Å²) in [6.07, 6.45) is 6.33. The predicted molar refractivity (Wildman–Crippen MR) is 120 cm³/mol. The van der Waals surface area contributed by atoms with Gasteiger partial charge in [0, 0.05) is 22.8 Å². The van der Waals surface area contributed by atoms with Gasteiger partial charge < -0.3 is 10.1 Å². The van der Waals surface area contributed by atoms with E-state index in [0.29, 0.717) is 10.7 Å². The number of aromatic nitrogens is 2. The van der Waals surface area contributed by atoms with Crippen LogP contribution in [0.5, 0.6) is 0 Å². The molecule has 9 heteroatoms. The maximum atomic E-state index is 13.7. The van der Waals surface area contributed by atoms with E-state index in [0.717, 1.165) is 25.7 Å². The minimum absolute atomic E-state index is 0.0234. The Balaban J connectivity index is 1.74. The molecule has 1 aliphatic carbocycles. The van der Waals surface area contributed by atoms with E-state index < -0.39 is 17.4 Å². The molecule has 2 aliphatic rings. The number of esters is 1. The van der Waals surface area contributed by atoms with Gasteiger partial charge in [-0.3, -0.25) is 19.2 Å². The Morgan fingerprint density at radius 3 is 2.56 bits per heavy atom. The molecule has 0 spiro atoms. The molecule has 1 N–H and O–H groups in total. The van der Waals surface area contributed by atoms with E-state index >= 15 is 0 Å². The average Bonchev–Trinajstić information content (AvgIpc) is 3.02. The number of anilines is 1. The molecule has 0 saturated heterocycles. The monoisotopic (exact) mass is 458 g/mol. The first-order chi connectivity index (χ1) is 15.3. The van der Waals surface area contributed by atoms with Gasteiger partial charge >= 0.3 is 5.97 Å². The van der Waals surface area contributed by atoms with Crippen LogP contribution in [-0.2, 0) is 16.1 Å². The van der Waals surface area contributed by atoms with E-state index in [4.69, 9.17) is 16.3 Å². The number of methoxy groups -OCH3 is 1. The number of halogens is 1. The van der Waals surface area contributed by atoms with Crippen LogP contribution < -0.4 is 10.2 Å². The van der Waals surface area contributed by atoms with E-state index in [1.165, 1.54) is 35.6 Å². The van der Waals surface area contributed by atoms with E-state index in [1.807, 2.05) is 0 Å². The van der Waals surface area contributed by atoms with E-state index in [1.54, 1.807) is 31.2 Å². The third-order valence-corrected chi connectivity index (χ3v) is 6.53. The van der Waals surface area contributed by atoms with Crippen molar-refractivity contribution in [2.45, 2.75) is 63.6 Å². The third-order valence-electron chi connectivity index (χ3n) is 6.29. The summed E-state index contributed by atoms with van der Waals surface area (Å²) in [6.45, 7) is 1.82. The highest BCUT2D eigenvalue weighted by atomic mass is 35.5. The van der Waals surface area contributed by atoms with E-state index in [-0.39, 0.29) is 29.9 Å². The van der Waals surface area contributed by atoms with Crippen molar-refractivity contribution in [2.24, 2.45) is 0 Å². The summed E-state index contributed by atoms with van der Waals surface area (Å²) in [6, 6.07) is 8.32. The second-order valence-electron chi connectivity index (χ2n) is 8.62. The van der Waals surface area contributed by atoms with Gasteiger partial charge in [-0.15, -0.1) is 0 Å². The number of benzene rings is 1. The van der Waals surface area contributed by atoms with Crippen molar-refractivity contribution in [3.63, 3.8) is 0 Å². The molecular formula is C23H27ClN4O4. The van der Waals surface area contributed by atoms with Crippen LogP contribution in [0.3, 0.4) is 0 Å². The molecule has 8 nitrogen and oxygen atoms in total. The molecule has 2 heterocycles. The van der Waals surface area contributed by atoms with Gasteiger partial charge in [0.15, 0.2) is 5.69 Å². The number of hydrogen-bond donors (Lipinski definition) is 1. The number of carbonyl (C=O) groups excluding carboxylic acids is 3.